The lowest BCUT2D eigenvalue weighted by atomic mass is 9.89. The standard InChI is InChI=1S/C16H16O5/c1-8-14-10(6-11(21-8)7-13(18)19)5-9-3-2-4-12(17)15(9)16(14)20/h2-5,8,11,17,20H,6-7H2,1H3,(H,18,19)/t8?,11-/m0/s1. The normalized spacial score (nSPS) is 21.2. The van der Waals surface area contributed by atoms with Gasteiger partial charge in [-0.15, -0.1) is 0 Å². The Morgan fingerprint density at radius 3 is 2.86 bits per heavy atom. The maximum Gasteiger partial charge on any atom is 0.305 e. The molecule has 0 amide bonds. The summed E-state index contributed by atoms with van der Waals surface area (Å²) in [7, 11) is 0. The first kappa shape index (κ1) is 13.7. The van der Waals surface area contributed by atoms with E-state index in [1.807, 2.05) is 6.07 Å². The Kier molecular flexibility index (Phi) is 3.22. The van der Waals surface area contributed by atoms with Crippen molar-refractivity contribution in [3.05, 3.63) is 35.4 Å². The zero-order valence-corrected chi connectivity index (χ0v) is 11.5. The van der Waals surface area contributed by atoms with Crippen LogP contribution in [0.15, 0.2) is 24.3 Å². The van der Waals surface area contributed by atoms with Gasteiger partial charge in [-0.2, -0.15) is 0 Å². The Hall–Kier alpha value is -2.27. The van der Waals surface area contributed by atoms with Crippen molar-refractivity contribution in [3.63, 3.8) is 0 Å². The van der Waals surface area contributed by atoms with Gasteiger partial charge in [0.05, 0.1) is 24.0 Å². The molecule has 0 saturated heterocycles. The molecule has 2 aromatic carbocycles. The number of carboxylic acid groups (broad SMARTS) is 1. The van der Waals surface area contributed by atoms with Gasteiger partial charge in [0.2, 0.25) is 0 Å². The monoisotopic (exact) mass is 288 g/mol. The van der Waals surface area contributed by atoms with Gasteiger partial charge in [0.25, 0.3) is 0 Å². The third kappa shape index (κ3) is 2.29. The van der Waals surface area contributed by atoms with Crippen LogP contribution in [0.25, 0.3) is 10.8 Å². The van der Waals surface area contributed by atoms with E-state index in [2.05, 4.69) is 0 Å². The van der Waals surface area contributed by atoms with E-state index in [0.29, 0.717) is 17.4 Å². The Bertz CT molecular complexity index is 722. The number of phenolic OH excluding ortho intramolecular Hbond substituents is 2. The molecule has 1 aliphatic heterocycles. The third-order valence-electron chi connectivity index (χ3n) is 3.90. The Balaban J connectivity index is 2.14. The van der Waals surface area contributed by atoms with Crippen LogP contribution in [0.2, 0.25) is 0 Å². The van der Waals surface area contributed by atoms with Crippen LogP contribution in [-0.4, -0.2) is 27.4 Å². The molecule has 3 N–H and O–H groups in total. The van der Waals surface area contributed by atoms with Crippen LogP contribution in [0, 0.1) is 0 Å². The van der Waals surface area contributed by atoms with Gasteiger partial charge >= 0.3 is 5.97 Å². The number of ether oxygens (including phenoxy) is 1. The number of carboxylic acids is 1. The van der Waals surface area contributed by atoms with E-state index >= 15 is 0 Å². The number of fused-ring (bicyclic) bond motifs is 2. The van der Waals surface area contributed by atoms with Crippen molar-refractivity contribution in [2.24, 2.45) is 0 Å². The smallest absolute Gasteiger partial charge is 0.305 e. The molecule has 0 aliphatic carbocycles. The van der Waals surface area contributed by atoms with Crippen LogP contribution >= 0.6 is 0 Å². The zero-order chi connectivity index (χ0) is 15.1. The molecule has 2 atom stereocenters. The summed E-state index contributed by atoms with van der Waals surface area (Å²) in [6.45, 7) is 1.78. The van der Waals surface area contributed by atoms with Gasteiger partial charge in [-0.25, -0.2) is 0 Å². The molecule has 110 valence electrons. The molecule has 1 heterocycles. The van der Waals surface area contributed by atoms with Gasteiger partial charge in [-0.3, -0.25) is 4.79 Å². The molecule has 2 aromatic rings. The molecule has 21 heavy (non-hydrogen) atoms. The van der Waals surface area contributed by atoms with E-state index in [9.17, 15) is 15.0 Å². The van der Waals surface area contributed by atoms with E-state index in [1.165, 1.54) is 6.07 Å². The van der Waals surface area contributed by atoms with E-state index < -0.39 is 18.2 Å². The van der Waals surface area contributed by atoms with Crippen molar-refractivity contribution >= 4 is 16.7 Å². The first-order chi connectivity index (χ1) is 9.97. The molecule has 0 spiro atoms. The molecule has 1 unspecified atom stereocenters. The summed E-state index contributed by atoms with van der Waals surface area (Å²) in [5.74, 6) is -0.868. The second kappa shape index (κ2) is 4.93. The molecule has 0 saturated carbocycles. The molecule has 0 bridgehead atoms. The number of benzene rings is 2. The van der Waals surface area contributed by atoms with Crippen LogP contribution in [0.3, 0.4) is 0 Å². The molecule has 5 nitrogen and oxygen atoms in total. The topological polar surface area (TPSA) is 87.0 Å². The molecule has 0 radical (unpaired) electrons. The third-order valence-corrected chi connectivity index (χ3v) is 3.90. The van der Waals surface area contributed by atoms with Gasteiger partial charge < -0.3 is 20.1 Å². The summed E-state index contributed by atoms with van der Waals surface area (Å²) in [4.78, 5) is 10.8. The van der Waals surface area contributed by atoms with Crippen LogP contribution in [-0.2, 0) is 16.0 Å². The second-order valence-corrected chi connectivity index (χ2v) is 5.38. The van der Waals surface area contributed by atoms with Gasteiger partial charge in [0.15, 0.2) is 0 Å². The number of aromatic hydroxyl groups is 2. The highest BCUT2D eigenvalue weighted by molar-refractivity contribution is 5.95. The molecule has 1 aliphatic rings. The van der Waals surface area contributed by atoms with Crippen molar-refractivity contribution in [3.8, 4) is 11.5 Å². The average molecular weight is 288 g/mol. The zero-order valence-electron chi connectivity index (χ0n) is 11.5. The summed E-state index contributed by atoms with van der Waals surface area (Å²) in [5, 5.41) is 30.4. The molecule has 3 rings (SSSR count). The summed E-state index contributed by atoms with van der Waals surface area (Å²) in [5.41, 5.74) is 1.50. The molecular formula is C16H16O5. The first-order valence-electron chi connectivity index (χ1n) is 6.81. The molecule has 0 aromatic heterocycles. The minimum Gasteiger partial charge on any atom is -0.507 e. The quantitative estimate of drug-likeness (QED) is 0.791. The van der Waals surface area contributed by atoms with Crippen molar-refractivity contribution < 1.29 is 24.9 Å². The largest absolute Gasteiger partial charge is 0.507 e. The van der Waals surface area contributed by atoms with Gasteiger partial charge in [-0.05, 0) is 30.4 Å². The van der Waals surface area contributed by atoms with Crippen molar-refractivity contribution in [2.45, 2.75) is 32.0 Å². The lowest BCUT2D eigenvalue weighted by molar-refractivity contribution is -0.141. The van der Waals surface area contributed by atoms with Crippen molar-refractivity contribution in [2.75, 3.05) is 0 Å². The number of phenols is 2. The average Bonchev–Trinajstić information content (AvgIpc) is 2.36. The predicted octanol–water partition coefficient (Wildman–Crippen LogP) is 2.73. The molecule has 5 heteroatoms. The molecular weight excluding hydrogens is 272 g/mol. The highest BCUT2D eigenvalue weighted by Crippen LogP contribution is 2.44. The Labute approximate surface area is 121 Å². The summed E-state index contributed by atoms with van der Waals surface area (Å²) < 4.78 is 5.67. The van der Waals surface area contributed by atoms with E-state index in [-0.39, 0.29) is 17.9 Å². The fraction of sp³-hybridized carbons (Fsp3) is 0.312. The first-order valence-corrected chi connectivity index (χ1v) is 6.81. The van der Waals surface area contributed by atoms with E-state index in [0.717, 1.165) is 10.9 Å². The summed E-state index contributed by atoms with van der Waals surface area (Å²) in [6.07, 6.45) is -0.449. The van der Waals surface area contributed by atoms with Crippen molar-refractivity contribution in [1.82, 2.24) is 0 Å². The second-order valence-electron chi connectivity index (χ2n) is 5.38. The number of rotatable bonds is 2. The van der Waals surface area contributed by atoms with Crippen LogP contribution < -0.4 is 0 Å². The highest BCUT2D eigenvalue weighted by Gasteiger charge is 2.30. The Morgan fingerprint density at radius 1 is 1.38 bits per heavy atom. The van der Waals surface area contributed by atoms with Gasteiger partial charge in [0.1, 0.15) is 11.5 Å². The van der Waals surface area contributed by atoms with Gasteiger partial charge in [0, 0.05) is 5.56 Å². The van der Waals surface area contributed by atoms with E-state index in [4.69, 9.17) is 9.84 Å². The maximum atomic E-state index is 10.8. The number of aliphatic carboxylic acids is 1. The fourth-order valence-electron chi connectivity index (χ4n) is 3.08. The van der Waals surface area contributed by atoms with Gasteiger partial charge in [-0.1, -0.05) is 18.2 Å². The van der Waals surface area contributed by atoms with Crippen molar-refractivity contribution in [1.29, 1.82) is 0 Å². The van der Waals surface area contributed by atoms with E-state index in [1.54, 1.807) is 19.1 Å². The minimum absolute atomic E-state index is 0.0156. The lowest BCUT2D eigenvalue weighted by Crippen LogP contribution is -2.27. The van der Waals surface area contributed by atoms with Crippen LogP contribution in [0.1, 0.15) is 30.6 Å². The molecule has 0 fully saturated rings. The number of carbonyl (C=O) groups is 1. The Morgan fingerprint density at radius 2 is 2.14 bits per heavy atom. The lowest BCUT2D eigenvalue weighted by Gasteiger charge is -2.30. The summed E-state index contributed by atoms with van der Waals surface area (Å²) in [6, 6.07) is 6.93. The SMILES string of the molecule is CC1O[C@H](CC(=O)O)Cc2cc3cccc(O)c3c(O)c21. The van der Waals surface area contributed by atoms with Crippen LogP contribution in [0.5, 0.6) is 11.5 Å². The minimum atomic E-state index is -0.904. The van der Waals surface area contributed by atoms with Crippen LogP contribution in [0.4, 0.5) is 0 Å². The maximum absolute atomic E-state index is 10.8. The fourth-order valence-corrected chi connectivity index (χ4v) is 3.08. The predicted molar refractivity (Wildman–Crippen MR) is 76.5 cm³/mol. The summed E-state index contributed by atoms with van der Waals surface area (Å²) >= 11 is 0. The highest BCUT2D eigenvalue weighted by atomic mass is 16.5. The number of hydrogen-bond acceptors (Lipinski definition) is 4. The number of hydrogen-bond donors (Lipinski definition) is 3.